The third-order valence-corrected chi connectivity index (χ3v) is 6.24. The summed E-state index contributed by atoms with van der Waals surface area (Å²) in [5, 5.41) is 0. The van der Waals surface area contributed by atoms with Crippen LogP contribution in [0, 0.1) is 5.92 Å². The summed E-state index contributed by atoms with van der Waals surface area (Å²) < 4.78 is 4.62. The smallest absolute Gasteiger partial charge is 0.305 e. The highest BCUT2D eigenvalue weighted by atomic mass is 16.5. The summed E-state index contributed by atoms with van der Waals surface area (Å²) in [5.41, 5.74) is 0. The van der Waals surface area contributed by atoms with Crippen LogP contribution in [0.25, 0.3) is 0 Å². The van der Waals surface area contributed by atoms with Crippen LogP contribution in [0.2, 0.25) is 0 Å². The average molecular weight is 431 g/mol. The highest BCUT2D eigenvalue weighted by Gasteiger charge is 2.26. The Hall–Kier alpha value is -2.64. The first-order chi connectivity index (χ1) is 15.1. The minimum Gasteiger partial charge on any atom is -0.469 e. The number of anilines is 1. The van der Waals surface area contributed by atoms with Crippen molar-refractivity contribution in [1.29, 1.82) is 0 Å². The summed E-state index contributed by atoms with van der Waals surface area (Å²) in [7, 11) is 1.36. The molecule has 0 aromatic carbocycles. The Morgan fingerprint density at radius 1 is 1.00 bits per heavy atom. The first-order valence-corrected chi connectivity index (χ1v) is 11.3. The van der Waals surface area contributed by atoms with Crippen LogP contribution in [0.1, 0.15) is 44.9 Å². The number of carbonyl (C=O) groups is 3. The molecule has 1 atom stereocenters. The highest BCUT2D eigenvalue weighted by Crippen LogP contribution is 2.23. The fourth-order valence-corrected chi connectivity index (χ4v) is 4.38. The number of ether oxygens (including phenoxy) is 1. The lowest BCUT2D eigenvalue weighted by molar-refractivity contribution is -0.141. The number of hydrogen-bond donors (Lipinski definition) is 0. The number of hydrogen-bond acceptors (Lipinski definition) is 6. The zero-order valence-electron chi connectivity index (χ0n) is 18.5. The minimum atomic E-state index is -0.274. The number of likely N-dealkylation sites (tertiary alicyclic amines) is 1. The summed E-state index contributed by atoms with van der Waals surface area (Å²) in [4.78, 5) is 46.8. The molecule has 0 unspecified atom stereocenters. The van der Waals surface area contributed by atoms with Crippen molar-refractivity contribution in [2.24, 2.45) is 5.92 Å². The van der Waals surface area contributed by atoms with Crippen molar-refractivity contribution >= 4 is 23.6 Å². The Bertz CT molecular complexity index is 734. The van der Waals surface area contributed by atoms with Gasteiger partial charge in [0.25, 0.3) is 0 Å². The maximum absolute atomic E-state index is 12.7. The number of piperidine rings is 1. The van der Waals surface area contributed by atoms with Crippen molar-refractivity contribution in [3.63, 3.8) is 0 Å². The monoisotopic (exact) mass is 430 g/mol. The molecule has 170 valence electrons. The van der Waals surface area contributed by atoms with Crippen LogP contribution in [0.3, 0.4) is 0 Å². The average Bonchev–Trinajstić information content (AvgIpc) is 2.83. The Morgan fingerprint density at radius 3 is 2.48 bits per heavy atom. The van der Waals surface area contributed by atoms with E-state index in [-0.39, 0.29) is 24.2 Å². The number of pyridine rings is 1. The van der Waals surface area contributed by atoms with Gasteiger partial charge in [-0.15, -0.1) is 0 Å². The molecule has 0 bridgehead atoms. The topological polar surface area (TPSA) is 83.0 Å². The predicted octanol–water partition coefficient (Wildman–Crippen LogP) is 2.09. The van der Waals surface area contributed by atoms with Gasteiger partial charge in [-0.2, -0.15) is 0 Å². The van der Waals surface area contributed by atoms with E-state index in [1.54, 1.807) is 6.20 Å². The van der Waals surface area contributed by atoms with Crippen LogP contribution < -0.4 is 4.90 Å². The van der Waals surface area contributed by atoms with Crippen LogP contribution >= 0.6 is 0 Å². The van der Waals surface area contributed by atoms with Crippen molar-refractivity contribution in [3.8, 4) is 0 Å². The molecule has 2 saturated heterocycles. The number of aromatic nitrogens is 1. The standard InChI is InChI=1S/C23H34N4O4/c1-31-23(30)9-4-8-21(28)27-13-5-6-19(18-27)10-11-22(29)26-16-14-25(15-17-26)20-7-2-3-12-24-20/h2-3,7,12,19H,4-6,8-11,13-18H2,1H3/t19-/m1/s1. The lowest BCUT2D eigenvalue weighted by Crippen LogP contribution is -2.49. The molecule has 2 aliphatic heterocycles. The largest absolute Gasteiger partial charge is 0.469 e. The van der Waals surface area contributed by atoms with Crippen molar-refractivity contribution in [2.45, 2.75) is 44.9 Å². The molecule has 1 aromatic heterocycles. The molecule has 1 aromatic rings. The van der Waals surface area contributed by atoms with Crippen LogP contribution in [-0.2, 0) is 19.1 Å². The van der Waals surface area contributed by atoms with Gasteiger partial charge in [-0.25, -0.2) is 4.98 Å². The highest BCUT2D eigenvalue weighted by molar-refractivity contribution is 5.77. The van der Waals surface area contributed by atoms with Gasteiger partial charge in [0.1, 0.15) is 5.82 Å². The summed E-state index contributed by atoms with van der Waals surface area (Å²) in [6, 6.07) is 5.89. The second kappa shape index (κ2) is 11.7. The van der Waals surface area contributed by atoms with Gasteiger partial charge in [0.05, 0.1) is 7.11 Å². The SMILES string of the molecule is COC(=O)CCCC(=O)N1CCC[C@H](CCC(=O)N2CCN(c3ccccn3)CC2)C1. The van der Waals surface area contributed by atoms with Gasteiger partial charge in [0.2, 0.25) is 11.8 Å². The molecule has 0 saturated carbocycles. The van der Waals surface area contributed by atoms with Crippen LogP contribution in [0.5, 0.6) is 0 Å². The Labute approximate surface area is 184 Å². The van der Waals surface area contributed by atoms with E-state index in [1.165, 1.54) is 7.11 Å². The molecular formula is C23H34N4O4. The van der Waals surface area contributed by atoms with E-state index >= 15 is 0 Å². The van der Waals surface area contributed by atoms with E-state index < -0.39 is 0 Å². The van der Waals surface area contributed by atoms with Gasteiger partial charge in [-0.1, -0.05) is 6.07 Å². The van der Waals surface area contributed by atoms with E-state index in [1.807, 2.05) is 28.0 Å². The molecule has 31 heavy (non-hydrogen) atoms. The molecule has 3 rings (SSSR count). The summed E-state index contributed by atoms with van der Waals surface area (Å²) in [5.74, 6) is 1.38. The van der Waals surface area contributed by atoms with Gasteiger partial charge in [-0.05, 0) is 43.7 Å². The molecule has 0 radical (unpaired) electrons. The maximum Gasteiger partial charge on any atom is 0.305 e. The molecule has 8 heteroatoms. The lowest BCUT2D eigenvalue weighted by Gasteiger charge is -2.36. The van der Waals surface area contributed by atoms with Crippen molar-refractivity contribution in [2.75, 3.05) is 51.3 Å². The molecule has 2 aliphatic rings. The number of carbonyl (C=O) groups excluding carboxylic acids is 3. The summed E-state index contributed by atoms with van der Waals surface area (Å²) in [6.07, 6.45) is 6.38. The fourth-order valence-electron chi connectivity index (χ4n) is 4.38. The van der Waals surface area contributed by atoms with E-state index in [9.17, 15) is 14.4 Å². The number of rotatable bonds is 8. The molecule has 2 fully saturated rings. The van der Waals surface area contributed by atoms with Crippen molar-refractivity contribution < 1.29 is 19.1 Å². The van der Waals surface area contributed by atoms with Gasteiger partial charge in [0, 0.05) is 64.7 Å². The number of nitrogens with zero attached hydrogens (tertiary/aromatic N) is 4. The Morgan fingerprint density at radius 2 is 1.77 bits per heavy atom. The first kappa shape index (κ1) is 23.0. The zero-order valence-corrected chi connectivity index (χ0v) is 18.5. The van der Waals surface area contributed by atoms with Gasteiger partial charge in [-0.3, -0.25) is 14.4 Å². The third kappa shape index (κ3) is 6.94. The predicted molar refractivity (Wildman–Crippen MR) is 117 cm³/mol. The molecule has 2 amide bonds. The van der Waals surface area contributed by atoms with Gasteiger partial charge >= 0.3 is 5.97 Å². The third-order valence-electron chi connectivity index (χ3n) is 6.24. The summed E-state index contributed by atoms with van der Waals surface area (Å²) in [6.45, 7) is 4.56. The van der Waals surface area contributed by atoms with Crippen molar-refractivity contribution in [3.05, 3.63) is 24.4 Å². The van der Waals surface area contributed by atoms with Gasteiger partial charge in [0.15, 0.2) is 0 Å². The van der Waals surface area contributed by atoms with Crippen molar-refractivity contribution in [1.82, 2.24) is 14.8 Å². The number of piperazine rings is 1. The molecule has 0 N–H and O–H groups in total. The van der Waals surface area contributed by atoms with Crippen LogP contribution in [-0.4, -0.2) is 78.9 Å². The molecule has 8 nitrogen and oxygen atoms in total. The molecule has 3 heterocycles. The van der Waals surface area contributed by atoms with Crippen LogP contribution in [0.4, 0.5) is 5.82 Å². The number of amides is 2. The summed E-state index contributed by atoms with van der Waals surface area (Å²) >= 11 is 0. The minimum absolute atomic E-state index is 0.102. The second-order valence-corrected chi connectivity index (χ2v) is 8.37. The maximum atomic E-state index is 12.7. The first-order valence-electron chi connectivity index (χ1n) is 11.3. The molecular weight excluding hydrogens is 396 g/mol. The van der Waals surface area contributed by atoms with E-state index in [2.05, 4.69) is 14.6 Å². The van der Waals surface area contributed by atoms with Gasteiger partial charge < -0.3 is 19.4 Å². The Kier molecular flexibility index (Phi) is 8.67. The quantitative estimate of drug-likeness (QED) is 0.588. The Balaban J connectivity index is 1.36. The number of esters is 1. The van der Waals surface area contributed by atoms with Crippen LogP contribution in [0.15, 0.2) is 24.4 Å². The normalized spacial score (nSPS) is 19.3. The number of methoxy groups -OCH3 is 1. The molecule has 0 aliphatic carbocycles. The zero-order chi connectivity index (χ0) is 22.1. The van der Waals surface area contributed by atoms with E-state index in [0.29, 0.717) is 25.2 Å². The molecule has 0 spiro atoms. The fraction of sp³-hybridized carbons (Fsp3) is 0.652. The lowest BCUT2D eigenvalue weighted by atomic mass is 9.92. The van der Waals surface area contributed by atoms with E-state index in [4.69, 9.17) is 0 Å². The second-order valence-electron chi connectivity index (χ2n) is 8.37. The van der Waals surface area contributed by atoms with E-state index in [0.717, 1.165) is 64.3 Å².